The van der Waals surface area contributed by atoms with E-state index in [4.69, 9.17) is 11.6 Å². The van der Waals surface area contributed by atoms with Crippen molar-refractivity contribution in [2.24, 2.45) is 5.92 Å². The van der Waals surface area contributed by atoms with Gasteiger partial charge in [-0.1, -0.05) is 11.6 Å². The van der Waals surface area contributed by atoms with Crippen LogP contribution in [0.25, 0.3) is 0 Å². The van der Waals surface area contributed by atoms with Gasteiger partial charge in [0, 0.05) is 11.4 Å². The standard InChI is InChI=1S/C12H14ClFOS/c13-11-2-1-10(14)5-9(11)6-12(15)8-3-4-16-7-8/h1-2,5,8,12,15H,3-4,6-7H2. The van der Waals surface area contributed by atoms with E-state index < -0.39 is 6.10 Å². The van der Waals surface area contributed by atoms with Crippen LogP contribution in [-0.2, 0) is 6.42 Å². The molecule has 2 unspecified atom stereocenters. The molecular weight excluding hydrogens is 247 g/mol. The van der Waals surface area contributed by atoms with Crippen LogP contribution < -0.4 is 0 Å². The molecule has 0 amide bonds. The van der Waals surface area contributed by atoms with Crippen molar-refractivity contribution in [3.05, 3.63) is 34.6 Å². The van der Waals surface area contributed by atoms with Crippen molar-refractivity contribution in [2.45, 2.75) is 18.9 Å². The highest BCUT2D eigenvalue weighted by Crippen LogP contribution is 2.29. The molecule has 1 nitrogen and oxygen atoms in total. The van der Waals surface area contributed by atoms with Gasteiger partial charge in [0.15, 0.2) is 0 Å². The molecule has 0 saturated carbocycles. The Morgan fingerprint density at radius 2 is 2.38 bits per heavy atom. The lowest BCUT2D eigenvalue weighted by molar-refractivity contribution is 0.120. The third-order valence-corrected chi connectivity index (χ3v) is 4.50. The molecule has 4 heteroatoms. The SMILES string of the molecule is OC(Cc1cc(F)ccc1Cl)C1CCSC1. The number of aliphatic hydroxyl groups is 1. The van der Waals surface area contributed by atoms with Crippen LogP contribution in [0.3, 0.4) is 0 Å². The molecule has 0 bridgehead atoms. The number of rotatable bonds is 3. The van der Waals surface area contributed by atoms with Crippen LogP contribution in [-0.4, -0.2) is 22.7 Å². The fraction of sp³-hybridized carbons (Fsp3) is 0.500. The summed E-state index contributed by atoms with van der Waals surface area (Å²) in [4.78, 5) is 0. The van der Waals surface area contributed by atoms with Crippen LogP contribution in [0.2, 0.25) is 5.02 Å². The Kier molecular flexibility index (Phi) is 4.11. The quantitative estimate of drug-likeness (QED) is 0.901. The van der Waals surface area contributed by atoms with Crippen LogP contribution in [0, 0.1) is 11.7 Å². The number of halogens is 2. The summed E-state index contributed by atoms with van der Waals surface area (Å²) in [5, 5.41) is 10.6. The first-order valence-electron chi connectivity index (χ1n) is 5.36. The van der Waals surface area contributed by atoms with Crippen molar-refractivity contribution < 1.29 is 9.50 Å². The van der Waals surface area contributed by atoms with Gasteiger partial charge in [0.25, 0.3) is 0 Å². The maximum absolute atomic E-state index is 13.0. The van der Waals surface area contributed by atoms with Crippen molar-refractivity contribution in [3.8, 4) is 0 Å². The number of hydrogen-bond donors (Lipinski definition) is 1. The van der Waals surface area contributed by atoms with Crippen LogP contribution >= 0.6 is 23.4 Å². The van der Waals surface area contributed by atoms with Gasteiger partial charge in [-0.15, -0.1) is 0 Å². The number of benzene rings is 1. The fourth-order valence-electron chi connectivity index (χ4n) is 1.95. The molecule has 16 heavy (non-hydrogen) atoms. The number of aliphatic hydroxyl groups excluding tert-OH is 1. The monoisotopic (exact) mass is 260 g/mol. The van der Waals surface area contributed by atoms with Gasteiger partial charge in [0.1, 0.15) is 5.82 Å². The highest BCUT2D eigenvalue weighted by atomic mass is 35.5. The van der Waals surface area contributed by atoms with Crippen molar-refractivity contribution >= 4 is 23.4 Å². The lowest BCUT2D eigenvalue weighted by Gasteiger charge is -2.17. The molecule has 1 fully saturated rings. The predicted octanol–water partition coefficient (Wildman–Crippen LogP) is 3.14. The summed E-state index contributed by atoms with van der Waals surface area (Å²) >= 11 is 7.83. The third-order valence-electron chi connectivity index (χ3n) is 2.95. The molecule has 0 radical (unpaired) electrons. The summed E-state index contributed by atoms with van der Waals surface area (Å²) in [6.45, 7) is 0. The molecule has 0 aliphatic carbocycles. The smallest absolute Gasteiger partial charge is 0.123 e. The number of thioether (sulfide) groups is 1. The Labute approximate surface area is 104 Å². The van der Waals surface area contributed by atoms with Gasteiger partial charge in [0.05, 0.1) is 6.10 Å². The molecule has 1 aliphatic heterocycles. The summed E-state index contributed by atoms with van der Waals surface area (Å²) in [5.41, 5.74) is 0.700. The highest BCUT2D eigenvalue weighted by molar-refractivity contribution is 7.99. The van der Waals surface area contributed by atoms with Crippen LogP contribution in [0.1, 0.15) is 12.0 Å². The summed E-state index contributed by atoms with van der Waals surface area (Å²) < 4.78 is 13.0. The minimum absolute atomic E-state index is 0.299. The van der Waals surface area contributed by atoms with Crippen LogP contribution in [0.4, 0.5) is 4.39 Å². The van der Waals surface area contributed by atoms with Crippen LogP contribution in [0.15, 0.2) is 18.2 Å². The molecule has 0 spiro atoms. The molecule has 2 rings (SSSR count). The normalized spacial score (nSPS) is 22.3. The topological polar surface area (TPSA) is 20.2 Å². The van der Waals surface area contributed by atoms with E-state index >= 15 is 0 Å². The molecule has 1 saturated heterocycles. The van der Waals surface area contributed by atoms with Gasteiger partial charge in [0.2, 0.25) is 0 Å². The van der Waals surface area contributed by atoms with Crippen molar-refractivity contribution in [1.82, 2.24) is 0 Å². The second-order valence-electron chi connectivity index (χ2n) is 4.13. The Morgan fingerprint density at radius 3 is 3.06 bits per heavy atom. The molecule has 1 aliphatic rings. The minimum atomic E-state index is -0.408. The lowest BCUT2D eigenvalue weighted by atomic mass is 9.95. The molecule has 1 heterocycles. The summed E-state index contributed by atoms with van der Waals surface area (Å²) in [5.74, 6) is 2.13. The second-order valence-corrected chi connectivity index (χ2v) is 5.69. The minimum Gasteiger partial charge on any atom is -0.392 e. The molecule has 0 aromatic heterocycles. The second kappa shape index (κ2) is 5.39. The summed E-state index contributed by atoms with van der Waals surface area (Å²) in [7, 11) is 0. The van der Waals surface area contributed by atoms with Gasteiger partial charge in [-0.3, -0.25) is 0 Å². The van der Waals surface area contributed by atoms with Gasteiger partial charge in [-0.25, -0.2) is 4.39 Å². The third kappa shape index (κ3) is 2.90. The molecule has 1 aromatic rings. The summed E-state index contributed by atoms with van der Waals surface area (Å²) in [6.07, 6.45) is 1.08. The Bertz CT molecular complexity index is 366. The first-order valence-corrected chi connectivity index (χ1v) is 6.90. The molecule has 88 valence electrons. The van der Waals surface area contributed by atoms with Crippen LogP contribution in [0.5, 0.6) is 0 Å². The van der Waals surface area contributed by atoms with Crippen molar-refractivity contribution in [3.63, 3.8) is 0 Å². The van der Waals surface area contributed by atoms with E-state index in [2.05, 4.69) is 0 Å². The van der Waals surface area contributed by atoms with Gasteiger partial charge >= 0.3 is 0 Å². The first-order chi connectivity index (χ1) is 7.66. The fourth-order valence-corrected chi connectivity index (χ4v) is 3.47. The highest BCUT2D eigenvalue weighted by Gasteiger charge is 2.24. The number of hydrogen-bond acceptors (Lipinski definition) is 2. The van der Waals surface area contributed by atoms with Gasteiger partial charge in [-0.05, 0) is 47.6 Å². The zero-order valence-corrected chi connectivity index (χ0v) is 10.4. The van der Waals surface area contributed by atoms with E-state index in [9.17, 15) is 9.50 Å². The predicted molar refractivity (Wildman–Crippen MR) is 66.6 cm³/mol. The van der Waals surface area contributed by atoms with E-state index in [0.717, 1.165) is 17.9 Å². The zero-order valence-electron chi connectivity index (χ0n) is 8.83. The molecule has 1 aromatic carbocycles. The molecule has 1 N–H and O–H groups in total. The maximum Gasteiger partial charge on any atom is 0.123 e. The molecular formula is C12H14ClFOS. The zero-order chi connectivity index (χ0) is 11.5. The van der Waals surface area contributed by atoms with Gasteiger partial charge in [-0.2, -0.15) is 11.8 Å². The Morgan fingerprint density at radius 1 is 1.56 bits per heavy atom. The average molecular weight is 261 g/mol. The van der Waals surface area contributed by atoms with Crippen molar-refractivity contribution in [2.75, 3.05) is 11.5 Å². The van der Waals surface area contributed by atoms with Crippen molar-refractivity contribution in [1.29, 1.82) is 0 Å². The summed E-state index contributed by atoms with van der Waals surface area (Å²) in [6, 6.07) is 4.29. The van der Waals surface area contributed by atoms with Gasteiger partial charge < -0.3 is 5.11 Å². The van der Waals surface area contributed by atoms with E-state index in [-0.39, 0.29) is 5.82 Å². The van der Waals surface area contributed by atoms with E-state index in [1.54, 1.807) is 6.07 Å². The maximum atomic E-state index is 13.0. The Hall–Kier alpha value is -0.250. The Balaban J connectivity index is 2.04. The largest absolute Gasteiger partial charge is 0.392 e. The average Bonchev–Trinajstić information content (AvgIpc) is 2.76. The lowest BCUT2D eigenvalue weighted by Crippen LogP contribution is -2.22. The van der Waals surface area contributed by atoms with E-state index in [0.29, 0.717) is 22.9 Å². The van der Waals surface area contributed by atoms with E-state index in [1.807, 2.05) is 11.8 Å². The van der Waals surface area contributed by atoms with E-state index in [1.165, 1.54) is 12.1 Å². The first kappa shape index (κ1) is 12.2. The molecule has 2 atom stereocenters.